The van der Waals surface area contributed by atoms with E-state index in [9.17, 15) is 0 Å². The van der Waals surface area contributed by atoms with Gasteiger partial charge in [-0.2, -0.15) is 0 Å². The Hall–Kier alpha value is 1.45. The number of rotatable bonds is 0. The molecule has 0 aromatic rings. The van der Waals surface area contributed by atoms with E-state index in [1.807, 2.05) is 0 Å². The third-order valence-corrected chi connectivity index (χ3v) is 0. The Labute approximate surface area is 73.0 Å². The Bertz CT molecular complexity index is 27.2. The normalized spacial score (nSPS) is 8.57. The second kappa shape index (κ2) is 5.58. The molecule has 4 nitrogen and oxygen atoms in total. The van der Waals surface area contributed by atoms with E-state index in [-0.39, 0.29) is 45.1 Å². The van der Waals surface area contributed by atoms with Crippen LogP contribution in [0.4, 0.5) is 0 Å². The predicted octanol–water partition coefficient (Wildman–Crippen LogP) is -6.87. The van der Waals surface area contributed by atoms with Crippen LogP contribution >= 0.6 is 0 Å². The van der Waals surface area contributed by atoms with Crippen LogP contribution in [0.2, 0.25) is 0 Å². The number of hydrogen-bond donors (Lipinski definition) is 2. The first kappa shape index (κ1) is 15.8. The summed E-state index contributed by atoms with van der Waals surface area (Å²) in [6.45, 7) is 0. The maximum Gasteiger partial charge on any atom is 3.00 e. The van der Waals surface area contributed by atoms with Crippen LogP contribution in [0.25, 0.3) is 0 Å². The van der Waals surface area contributed by atoms with E-state index in [1.165, 1.54) is 0 Å². The first-order chi connectivity index (χ1) is 2.00. The largest absolute Gasteiger partial charge is 3.00 e. The molecule has 0 saturated heterocycles. The van der Waals surface area contributed by atoms with Gasteiger partial charge >= 0.3 is 32.7 Å². The van der Waals surface area contributed by atoms with Crippen molar-refractivity contribution in [1.82, 2.24) is 0 Å². The van der Waals surface area contributed by atoms with Crippen molar-refractivity contribution in [2.75, 3.05) is 0 Å². The fourth-order valence-electron chi connectivity index (χ4n) is 0. The zero-order chi connectivity index (χ0) is 4.50. The fourth-order valence-corrected chi connectivity index (χ4v) is 0. The van der Waals surface area contributed by atoms with E-state index in [0.29, 0.717) is 0 Å². The molecule has 0 heterocycles. The first-order valence-corrected chi connectivity index (χ1v) is 2.57. The van der Waals surface area contributed by atoms with Gasteiger partial charge in [0.15, 0.2) is 0 Å². The van der Waals surface area contributed by atoms with Crippen LogP contribution in [0.1, 0.15) is 0 Å². The third-order valence-electron chi connectivity index (χ3n) is 0. The minimum Gasteiger partial charge on any atom is -1.00 e. The van der Waals surface area contributed by atoms with Gasteiger partial charge in [-0.1, -0.05) is 0 Å². The van der Waals surface area contributed by atoms with Gasteiger partial charge in [-0.25, -0.2) is 0 Å². The molecule has 7 heavy (non-hydrogen) atoms. The van der Waals surface area contributed by atoms with E-state index in [1.54, 1.807) is 0 Å². The van der Waals surface area contributed by atoms with Gasteiger partial charge in [0.2, 0.25) is 0 Å². The topological polar surface area (TPSA) is 86.6 Å². The second-order valence-electron chi connectivity index (χ2n) is 0.548. The van der Waals surface area contributed by atoms with Crippen LogP contribution in [0.15, 0.2) is 0 Å². The summed E-state index contributed by atoms with van der Waals surface area (Å²) < 4.78 is 0. The predicted molar refractivity (Wildman–Crippen MR) is 10.2 cm³/mol. The Kier molecular flexibility index (Phi) is 12.6. The van der Waals surface area contributed by atoms with Gasteiger partial charge < -0.3 is 31.6 Å². The van der Waals surface area contributed by atoms with E-state index < -0.39 is 9.05 Å². The summed E-state index contributed by atoms with van der Waals surface area (Å²) >= 11 is 0. The van der Waals surface area contributed by atoms with Crippen molar-refractivity contribution in [2.45, 2.75) is 0 Å². The molecule has 0 radical (unpaired) electrons. The molecule has 2 N–H and O–H groups in total. The van der Waals surface area contributed by atoms with Crippen LogP contribution in [-0.4, -0.2) is 18.6 Å². The summed E-state index contributed by atoms with van der Waals surface area (Å²) in [6.07, 6.45) is 0. The molecule has 0 aliphatic carbocycles. The zero-order valence-electron chi connectivity index (χ0n) is 3.17. The van der Waals surface area contributed by atoms with Gasteiger partial charge in [-0.3, -0.25) is 0 Å². The third kappa shape index (κ3) is 105. The summed E-state index contributed by atoms with van der Waals surface area (Å²) in [7, 11) is -5.11. The van der Waals surface area contributed by atoms with Crippen molar-refractivity contribution in [3.63, 3.8) is 0 Å². The molecule has 0 aromatic carbocycles. The molecule has 0 bridgehead atoms. The van der Waals surface area contributed by atoms with E-state index in [2.05, 4.69) is 0 Å². The molecule has 0 aliphatic heterocycles. The van der Waals surface area contributed by atoms with Crippen LogP contribution < -0.4 is 22.0 Å². The van der Waals surface area contributed by atoms with Gasteiger partial charge in [0.1, 0.15) is 9.05 Å². The van der Waals surface area contributed by atoms with Gasteiger partial charge in [0, 0.05) is 0 Å². The van der Waals surface area contributed by atoms with Crippen LogP contribution in [0.3, 0.4) is 0 Å². The molecule has 40 valence electrons. The molecule has 7 heteroatoms. The van der Waals surface area contributed by atoms with Crippen LogP contribution in [0, 0.1) is 0 Å². The molecule has 0 fully saturated rings. The average Bonchev–Trinajstić information content (AvgIpc) is 0.722. The van der Waals surface area contributed by atoms with Crippen molar-refractivity contribution < 1.29 is 64.3 Å². The van der Waals surface area contributed by atoms with Crippen molar-refractivity contribution in [2.24, 2.45) is 0 Å². The molecule has 0 rings (SSSR count). The average molecular weight is 218 g/mol. The minimum atomic E-state index is -5.11. The van der Waals surface area contributed by atoms with E-state index in [4.69, 9.17) is 19.2 Å². The molecule has 0 unspecified atom stereocenters. The first-order valence-electron chi connectivity index (χ1n) is 0.855. The van der Waals surface area contributed by atoms with Gasteiger partial charge in [0.05, 0.1) is 0 Å². The molecule has 0 saturated carbocycles. The van der Waals surface area contributed by atoms with Crippen LogP contribution in [-0.2, 0) is 32.7 Å². The molecular formula is H2ClO4SiY. The van der Waals surface area contributed by atoms with Crippen molar-refractivity contribution in [1.29, 1.82) is 0 Å². The van der Waals surface area contributed by atoms with Crippen molar-refractivity contribution in [3.8, 4) is 0 Å². The summed E-state index contributed by atoms with van der Waals surface area (Å²) in [5.74, 6) is 0. The number of hydrogen-bond acceptors (Lipinski definition) is 4. The SMILES string of the molecule is [Cl-].[O-][Si]([O-])(O)O.[Y+3]. The van der Waals surface area contributed by atoms with Crippen LogP contribution in [0.5, 0.6) is 0 Å². The second-order valence-corrected chi connectivity index (χ2v) is 1.65. The van der Waals surface area contributed by atoms with Gasteiger partial charge in [-0.05, 0) is 0 Å². The fraction of sp³-hybridized carbons (Fsp3) is 0. The monoisotopic (exact) mass is 218 g/mol. The Morgan fingerprint density at radius 1 is 1.14 bits per heavy atom. The Morgan fingerprint density at radius 2 is 1.14 bits per heavy atom. The summed E-state index contributed by atoms with van der Waals surface area (Å²) in [4.78, 5) is 31.8. The maximum absolute atomic E-state index is 8.80. The molecule has 0 atom stereocenters. The molecule has 0 aromatic heterocycles. The smallest absolute Gasteiger partial charge is 1.00 e. The quantitative estimate of drug-likeness (QED) is 0.396. The molecule has 0 spiro atoms. The summed E-state index contributed by atoms with van der Waals surface area (Å²) in [5, 5.41) is 0. The molecular weight excluding hydrogens is 216 g/mol. The van der Waals surface area contributed by atoms with Gasteiger partial charge in [-0.15, -0.1) is 0 Å². The van der Waals surface area contributed by atoms with Gasteiger partial charge in [0.25, 0.3) is 0 Å². The maximum atomic E-state index is 8.80. The number of halogens is 1. The van der Waals surface area contributed by atoms with E-state index in [0.717, 1.165) is 0 Å². The van der Waals surface area contributed by atoms with E-state index >= 15 is 0 Å². The van der Waals surface area contributed by atoms with Crippen molar-refractivity contribution >= 4 is 9.05 Å². The zero-order valence-corrected chi connectivity index (χ0v) is 7.76. The molecule has 0 aliphatic rings. The summed E-state index contributed by atoms with van der Waals surface area (Å²) in [5.41, 5.74) is 0. The van der Waals surface area contributed by atoms with Crippen molar-refractivity contribution in [3.05, 3.63) is 0 Å². The standard InChI is InChI=1S/ClH.H2O4Si.Y/c;1-5(2,3)4;/h1H;1-2H;/q;-2;+3/p-1. The molecule has 0 amide bonds. The Morgan fingerprint density at radius 3 is 1.14 bits per heavy atom. The minimum absolute atomic E-state index is 0. The Balaban J connectivity index is -0.0000000800. The summed E-state index contributed by atoms with van der Waals surface area (Å²) in [6, 6.07) is 0.